The Kier molecular flexibility index (Phi) is 3.48. The number of benzene rings is 1. The largest absolute Gasteiger partial charge is 0.486 e. The van der Waals surface area contributed by atoms with Gasteiger partial charge in [-0.25, -0.2) is 0 Å². The van der Waals surface area contributed by atoms with E-state index in [1.807, 2.05) is 0 Å². The summed E-state index contributed by atoms with van der Waals surface area (Å²) < 4.78 is 12.4. The second-order valence-electron chi connectivity index (χ2n) is 4.93. The van der Waals surface area contributed by atoms with Crippen LogP contribution in [0.25, 0.3) is 0 Å². The molecule has 98 valence electrons. The first-order valence-electron chi connectivity index (χ1n) is 6.59. The summed E-state index contributed by atoms with van der Waals surface area (Å²) in [4.78, 5) is 0. The highest BCUT2D eigenvalue weighted by Gasteiger charge is 2.24. The molecule has 3 nitrogen and oxygen atoms in total. The Morgan fingerprint density at radius 1 is 1.28 bits per heavy atom. The van der Waals surface area contributed by atoms with E-state index in [1.54, 1.807) is 0 Å². The fraction of sp³-hybridized carbons (Fsp3) is 0.571. The first-order valence-corrected chi connectivity index (χ1v) is 7.38. The lowest BCUT2D eigenvalue weighted by Gasteiger charge is -2.28. The number of nitrogens with one attached hydrogen (secondary N) is 1. The SMILES string of the molecule is Cc1c(C2CCCCN2)cc2c(c1Br)OCCO2. The molecule has 0 saturated carbocycles. The molecule has 4 heteroatoms. The number of ether oxygens (including phenoxy) is 2. The zero-order chi connectivity index (χ0) is 12.5. The number of halogens is 1. The van der Waals surface area contributed by atoms with Gasteiger partial charge in [0.05, 0.1) is 4.47 Å². The van der Waals surface area contributed by atoms with Crippen molar-refractivity contribution < 1.29 is 9.47 Å². The lowest BCUT2D eigenvalue weighted by atomic mass is 9.93. The normalized spacial score (nSPS) is 22.9. The van der Waals surface area contributed by atoms with Gasteiger partial charge in [0.15, 0.2) is 11.5 Å². The number of hydrogen-bond acceptors (Lipinski definition) is 3. The fourth-order valence-electron chi connectivity index (χ4n) is 2.74. The van der Waals surface area contributed by atoms with Crippen molar-refractivity contribution in [2.45, 2.75) is 32.2 Å². The molecule has 18 heavy (non-hydrogen) atoms. The van der Waals surface area contributed by atoms with Gasteiger partial charge in [-0.2, -0.15) is 0 Å². The minimum absolute atomic E-state index is 0.450. The van der Waals surface area contributed by atoms with Crippen LogP contribution in [0.1, 0.15) is 36.4 Å². The van der Waals surface area contributed by atoms with Crippen LogP contribution >= 0.6 is 15.9 Å². The van der Waals surface area contributed by atoms with Crippen molar-refractivity contribution in [3.05, 3.63) is 21.7 Å². The van der Waals surface area contributed by atoms with Crippen LogP contribution in [-0.4, -0.2) is 19.8 Å². The van der Waals surface area contributed by atoms with Crippen LogP contribution in [0.5, 0.6) is 11.5 Å². The highest BCUT2D eigenvalue weighted by Crippen LogP contribution is 2.43. The molecule has 1 aromatic carbocycles. The fourth-order valence-corrected chi connectivity index (χ4v) is 3.28. The van der Waals surface area contributed by atoms with Crippen LogP contribution in [0.3, 0.4) is 0 Å². The van der Waals surface area contributed by atoms with E-state index in [9.17, 15) is 0 Å². The van der Waals surface area contributed by atoms with Crippen molar-refractivity contribution in [1.82, 2.24) is 5.32 Å². The monoisotopic (exact) mass is 311 g/mol. The molecule has 1 atom stereocenters. The molecule has 0 bridgehead atoms. The second-order valence-corrected chi connectivity index (χ2v) is 5.72. The van der Waals surface area contributed by atoms with Crippen LogP contribution in [-0.2, 0) is 0 Å². The molecule has 0 aromatic heterocycles. The number of fused-ring (bicyclic) bond motifs is 1. The molecule has 1 unspecified atom stereocenters. The zero-order valence-electron chi connectivity index (χ0n) is 10.6. The van der Waals surface area contributed by atoms with E-state index in [0.717, 1.165) is 22.5 Å². The predicted octanol–water partition coefficient (Wildman–Crippen LogP) is 3.34. The minimum atomic E-state index is 0.450. The van der Waals surface area contributed by atoms with Gasteiger partial charge in [-0.05, 0) is 59.4 Å². The standard InChI is InChI=1S/C14H18BrNO2/c1-9-10(11-4-2-3-5-16-11)8-12-14(13(9)15)18-7-6-17-12/h8,11,16H,2-7H2,1H3. The summed E-state index contributed by atoms with van der Waals surface area (Å²) in [5, 5.41) is 3.59. The van der Waals surface area contributed by atoms with Gasteiger partial charge in [-0.1, -0.05) is 6.42 Å². The maximum Gasteiger partial charge on any atom is 0.175 e. The van der Waals surface area contributed by atoms with E-state index in [2.05, 4.69) is 34.2 Å². The van der Waals surface area contributed by atoms with E-state index >= 15 is 0 Å². The smallest absolute Gasteiger partial charge is 0.175 e. The Bertz CT molecular complexity index is 456. The molecular formula is C14H18BrNO2. The third-order valence-corrected chi connectivity index (χ3v) is 4.70. The predicted molar refractivity (Wildman–Crippen MR) is 74.5 cm³/mol. The number of piperidine rings is 1. The molecule has 3 rings (SSSR count). The zero-order valence-corrected chi connectivity index (χ0v) is 12.2. The molecule has 0 aliphatic carbocycles. The lowest BCUT2D eigenvalue weighted by molar-refractivity contribution is 0.170. The maximum atomic E-state index is 5.71. The first kappa shape index (κ1) is 12.3. The Labute approximate surface area is 116 Å². The van der Waals surface area contributed by atoms with Gasteiger partial charge in [-0.3, -0.25) is 0 Å². The van der Waals surface area contributed by atoms with Gasteiger partial charge >= 0.3 is 0 Å². The average Bonchev–Trinajstić information content (AvgIpc) is 2.44. The lowest BCUT2D eigenvalue weighted by Crippen LogP contribution is -2.27. The van der Waals surface area contributed by atoms with Crippen molar-refractivity contribution in [1.29, 1.82) is 0 Å². The van der Waals surface area contributed by atoms with E-state index in [1.165, 1.54) is 30.4 Å². The molecule has 0 radical (unpaired) electrons. The van der Waals surface area contributed by atoms with Crippen molar-refractivity contribution in [3.8, 4) is 11.5 Å². The van der Waals surface area contributed by atoms with Gasteiger partial charge in [0.1, 0.15) is 13.2 Å². The van der Waals surface area contributed by atoms with Gasteiger partial charge < -0.3 is 14.8 Å². The Morgan fingerprint density at radius 2 is 2.11 bits per heavy atom. The summed E-state index contributed by atoms with van der Waals surface area (Å²) in [6.45, 7) is 4.52. The summed E-state index contributed by atoms with van der Waals surface area (Å²) >= 11 is 3.65. The molecule has 2 heterocycles. The highest BCUT2D eigenvalue weighted by molar-refractivity contribution is 9.10. The summed E-state index contributed by atoms with van der Waals surface area (Å²) in [6.07, 6.45) is 3.78. The number of hydrogen-bond donors (Lipinski definition) is 1. The molecule has 2 aliphatic rings. The summed E-state index contributed by atoms with van der Waals surface area (Å²) in [6, 6.07) is 2.60. The van der Waals surface area contributed by atoms with Crippen LogP contribution < -0.4 is 14.8 Å². The third-order valence-electron chi connectivity index (χ3n) is 3.75. The van der Waals surface area contributed by atoms with Crippen LogP contribution in [0, 0.1) is 6.92 Å². The third kappa shape index (κ3) is 2.12. The molecule has 1 fully saturated rings. The topological polar surface area (TPSA) is 30.5 Å². The summed E-state index contributed by atoms with van der Waals surface area (Å²) in [5.74, 6) is 1.74. The van der Waals surface area contributed by atoms with Crippen molar-refractivity contribution >= 4 is 15.9 Å². The average molecular weight is 312 g/mol. The number of rotatable bonds is 1. The Hall–Kier alpha value is -0.740. The molecule has 2 aliphatic heterocycles. The van der Waals surface area contributed by atoms with Crippen molar-refractivity contribution in [3.63, 3.8) is 0 Å². The highest BCUT2D eigenvalue weighted by atomic mass is 79.9. The first-order chi connectivity index (χ1) is 8.77. The van der Waals surface area contributed by atoms with Crippen LogP contribution in [0.15, 0.2) is 10.5 Å². The maximum absolute atomic E-state index is 5.71. The van der Waals surface area contributed by atoms with E-state index in [4.69, 9.17) is 9.47 Å². The molecule has 1 aromatic rings. The molecule has 1 N–H and O–H groups in total. The summed E-state index contributed by atoms with van der Waals surface area (Å²) in [7, 11) is 0. The van der Waals surface area contributed by atoms with E-state index < -0.39 is 0 Å². The molecular weight excluding hydrogens is 294 g/mol. The minimum Gasteiger partial charge on any atom is -0.486 e. The van der Waals surface area contributed by atoms with Crippen molar-refractivity contribution in [2.75, 3.05) is 19.8 Å². The Balaban J connectivity index is 2.01. The summed E-state index contributed by atoms with van der Waals surface area (Å²) in [5.41, 5.74) is 2.60. The van der Waals surface area contributed by atoms with Crippen LogP contribution in [0.4, 0.5) is 0 Å². The molecule has 0 spiro atoms. The molecule has 0 amide bonds. The molecule has 1 saturated heterocycles. The van der Waals surface area contributed by atoms with E-state index in [-0.39, 0.29) is 0 Å². The quantitative estimate of drug-likeness (QED) is 0.863. The second kappa shape index (κ2) is 5.10. The van der Waals surface area contributed by atoms with Crippen LogP contribution in [0.2, 0.25) is 0 Å². The van der Waals surface area contributed by atoms with Gasteiger partial charge in [0.2, 0.25) is 0 Å². The Morgan fingerprint density at radius 3 is 2.89 bits per heavy atom. The van der Waals surface area contributed by atoms with Crippen molar-refractivity contribution in [2.24, 2.45) is 0 Å². The van der Waals surface area contributed by atoms with Gasteiger partial charge in [0.25, 0.3) is 0 Å². The van der Waals surface area contributed by atoms with Gasteiger partial charge in [0, 0.05) is 6.04 Å². The van der Waals surface area contributed by atoms with E-state index in [0.29, 0.717) is 19.3 Å². The van der Waals surface area contributed by atoms with Gasteiger partial charge in [-0.15, -0.1) is 0 Å².